The Hall–Kier alpha value is -0.905. The van der Waals surface area contributed by atoms with E-state index in [9.17, 15) is 4.79 Å². The fourth-order valence-electron chi connectivity index (χ4n) is 1.21. The third-order valence-electron chi connectivity index (χ3n) is 1.97. The van der Waals surface area contributed by atoms with Crippen molar-refractivity contribution < 1.29 is 9.90 Å². The van der Waals surface area contributed by atoms with Crippen molar-refractivity contribution in [3.05, 3.63) is 23.8 Å². The molecule has 68 valence electrons. The number of rotatable bonds is 1. The predicted molar refractivity (Wildman–Crippen MR) is 57.3 cm³/mol. The summed E-state index contributed by atoms with van der Waals surface area (Å²) in [6.07, 6.45) is 0. The summed E-state index contributed by atoms with van der Waals surface area (Å²) in [7, 11) is 0. The van der Waals surface area contributed by atoms with E-state index in [1.54, 1.807) is 6.07 Å². The topological polar surface area (TPSA) is 63.1 Å². The fourth-order valence-corrected chi connectivity index (χ4v) is 1.62. The summed E-state index contributed by atoms with van der Waals surface area (Å²) in [6.45, 7) is 0. The van der Waals surface area contributed by atoms with Gasteiger partial charge in [0.25, 0.3) is 0 Å². The van der Waals surface area contributed by atoms with Crippen molar-refractivity contribution in [2.45, 2.75) is 0 Å². The van der Waals surface area contributed by atoms with Crippen molar-refractivity contribution in [1.82, 2.24) is 9.97 Å². The summed E-state index contributed by atoms with van der Waals surface area (Å²) in [5, 5.41) is 8.81. The standard InChI is InChI=1S/C9H4N2O2.2Al/c12-9(13)6-1-2-7-8(5-6)11-4-3-10-7;;/h1-2,5H,(H,12,13);;. The molecule has 2 rings (SSSR count). The molecule has 0 saturated heterocycles. The Morgan fingerprint density at radius 2 is 1.73 bits per heavy atom. The van der Waals surface area contributed by atoms with Gasteiger partial charge in [-0.3, -0.25) is 9.97 Å². The molecule has 15 heavy (non-hydrogen) atoms. The quantitative estimate of drug-likeness (QED) is 0.628. The summed E-state index contributed by atoms with van der Waals surface area (Å²) in [5.41, 5.74) is 1.50. The fraction of sp³-hybridized carbons (Fsp3) is 0. The van der Waals surface area contributed by atoms with Gasteiger partial charge >= 0.3 is 5.97 Å². The average molecular weight is 226 g/mol. The number of carboxylic acids is 1. The number of aromatic nitrogens is 2. The van der Waals surface area contributed by atoms with E-state index in [4.69, 9.17) is 5.11 Å². The van der Waals surface area contributed by atoms with E-state index in [1.807, 2.05) is 0 Å². The molecular formula is C9H4Al2N2O2. The van der Waals surface area contributed by atoms with E-state index < -0.39 is 5.97 Å². The molecule has 1 N–H and O–H groups in total. The van der Waals surface area contributed by atoms with Gasteiger partial charge in [0, 0.05) is 0 Å². The van der Waals surface area contributed by atoms with Crippen LogP contribution in [0.15, 0.2) is 18.2 Å². The minimum atomic E-state index is -0.959. The first kappa shape index (κ1) is 10.6. The third kappa shape index (κ3) is 2.04. The summed E-state index contributed by atoms with van der Waals surface area (Å²) in [4.78, 5) is 19.2. The molecule has 0 aliphatic carbocycles. The Balaban J connectivity index is 2.72. The summed E-state index contributed by atoms with van der Waals surface area (Å²) in [6, 6.07) is 4.69. The van der Waals surface area contributed by atoms with Crippen molar-refractivity contribution in [2.24, 2.45) is 0 Å². The lowest BCUT2D eigenvalue weighted by molar-refractivity contribution is 0.0697. The molecule has 0 aliphatic rings. The molecule has 0 amide bonds. The van der Waals surface area contributed by atoms with Crippen LogP contribution in [0.1, 0.15) is 10.4 Å². The highest BCUT2D eigenvalue weighted by atomic mass is 27.1. The zero-order valence-electron chi connectivity index (χ0n) is 7.64. The maximum atomic E-state index is 10.7. The lowest BCUT2D eigenvalue weighted by Gasteiger charge is -2.04. The SMILES string of the molecule is O=C(O)c1ccc2n[c]([Al])[c]([Al])nc2c1. The predicted octanol–water partition coefficient (Wildman–Crippen LogP) is -1.08. The average Bonchev–Trinajstić information content (AvgIpc) is 2.19. The number of aromatic carboxylic acids is 1. The molecule has 2 aromatic rings. The number of hydrogen-bond donors (Lipinski definition) is 1. The lowest BCUT2D eigenvalue weighted by atomic mass is 10.2. The number of carboxylic acid groups (broad SMARTS) is 1. The summed E-state index contributed by atoms with van der Waals surface area (Å²) >= 11 is 4.94. The molecule has 0 fully saturated rings. The smallest absolute Gasteiger partial charge is 0.335 e. The normalized spacial score (nSPS) is 10.4. The molecule has 0 unspecified atom stereocenters. The van der Waals surface area contributed by atoms with E-state index in [2.05, 4.69) is 42.5 Å². The molecule has 1 aromatic heterocycles. The van der Waals surface area contributed by atoms with E-state index in [0.29, 0.717) is 15.6 Å². The molecule has 4 radical (unpaired) electrons. The van der Waals surface area contributed by atoms with Crippen LogP contribution in [0.2, 0.25) is 0 Å². The van der Waals surface area contributed by atoms with Crippen molar-refractivity contribution in [2.75, 3.05) is 0 Å². The first-order valence-electron chi connectivity index (χ1n) is 4.14. The second kappa shape index (κ2) is 3.92. The molecule has 0 saturated carbocycles. The van der Waals surface area contributed by atoms with Crippen LogP contribution in [0, 0.1) is 0 Å². The number of benzene rings is 1. The third-order valence-corrected chi connectivity index (χ3v) is 3.15. The first-order chi connectivity index (χ1) is 7.08. The van der Waals surface area contributed by atoms with Gasteiger partial charge in [0.2, 0.25) is 32.6 Å². The van der Waals surface area contributed by atoms with Gasteiger partial charge in [0.1, 0.15) is 0 Å². The van der Waals surface area contributed by atoms with Gasteiger partial charge in [-0.1, -0.05) is 9.11 Å². The maximum absolute atomic E-state index is 10.7. The van der Waals surface area contributed by atoms with Gasteiger partial charge in [-0.05, 0) is 18.2 Å². The zero-order valence-corrected chi connectivity index (χ0v) is 9.95. The van der Waals surface area contributed by atoms with Gasteiger partial charge in [-0.2, -0.15) is 0 Å². The van der Waals surface area contributed by atoms with Crippen molar-refractivity contribution in [1.29, 1.82) is 0 Å². The Labute approximate surface area is 102 Å². The Bertz CT molecular complexity index is 557. The molecule has 1 heterocycles. The lowest BCUT2D eigenvalue weighted by Crippen LogP contribution is -2.31. The van der Waals surface area contributed by atoms with E-state index in [1.165, 1.54) is 12.1 Å². The van der Waals surface area contributed by atoms with Gasteiger partial charge in [0.05, 0.1) is 16.6 Å². The molecule has 0 spiro atoms. The second-order valence-corrected chi connectivity index (χ2v) is 4.10. The molecular weight excluding hydrogens is 222 g/mol. The van der Waals surface area contributed by atoms with Crippen molar-refractivity contribution >= 4 is 58.7 Å². The molecule has 0 aliphatic heterocycles. The number of nitrogens with zero attached hydrogens (tertiary/aromatic N) is 2. The number of fused-ring (bicyclic) bond motifs is 1. The van der Waals surface area contributed by atoms with Crippen LogP contribution in [-0.2, 0) is 0 Å². The van der Waals surface area contributed by atoms with E-state index in [-0.39, 0.29) is 5.56 Å². The molecule has 4 nitrogen and oxygen atoms in total. The molecule has 1 aromatic carbocycles. The Morgan fingerprint density at radius 3 is 2.33 bits per heavy atom. The van der Waals surface area contributed by atoms with E-state index in [0.717, 1.165) is 4.56 Å². The van der Waals surface area contributed by atoms with Crippen LogP contribution in [0.3, 0.4) is 0 Å². The highest BCUT2D eigenvalue weighted by Gasteiger charge is 2.05. The largest absolute Gasteiger partial charge is 0.478 e. The van der Waals surface area contributed by atoms with Crippen molar-refractivity contribution in [3.63, 3.8) is 0 Å². The Morgan fingerprint density at radius 1 is 1.13 bits per heavy atom. The monoisotopic (exact) mass is 226 g/mol. The molecule has 6 heteroatoms. The number of hydrogen-bond acceptors (Lipinski definition) is 3. The van der Waals surface area contributed by atoms with Crippen LogP contribution in [-0.4, -0.2) is 53.6 Å². The minimum absolute atomic E-state index is 0.220. The second-order valence-electron chi connectivity index (χ2n) is 3.00. The summed E-state index contributed by atoms with van der Waals surface area (Å²) in [5.74, 6) is -0.959. The first-order valence-corrected chi connectivity index (χ1v) is 5.29. The van der Waals surface area contributed by atoms with Gasteiger partial charge in [0.15, 0.2) is 0 Å². The summed E-state index contributed by atoms with van der Waals surface area (Å²) < 4.78 is 1.45. The van der Waals surface area contributed by atoms with Gasteiger partial charge in [-0.25, -0.2) is 4.79 Å². The van der Waals surface area contributed by atoms with Crippen LogP contribution >= 0.6 is 0 Å². The zero-order chi connectivity index (χ0) is 11.0. The molecule has 0 bridgehead atoms. The van der Waals surface area contributed by atoms with Crippen LogP contribution < -0.4 is 9.11 Å². The Kier molecular flexibility index (Phi) is 2.77. The van der Waals surface area contributed by atoms with Crippen LogP contribution in [0.4, 0.5) is 0 Å². The maximum Gasteiger partial charge on any atom is 0.335 e. The van der Waals surface area contributed by atoms with Crippen LogP contribution in [0.5, 0.6) is 0 Å². The van der Waals surface area contributed by atoms with E-state index >= 15 is 0 Å². The molecule has 0 atom stereocenters. The highest BCUT2D eigenvalue weighted by Crippen LogP contribution is 2.09. The van der Waals surface area contributed by atoms with Gasteiger partial charge < -0.3 is 5.11 Å². The van der Waals surface area contributed by atoms with Gasteiger partial charge in [-0.15, -0.1) is 0 Å². The highest BCUT2D eigenvalue weighted by molar-refractivity contribution is 6.46. The van der Waals surface area contributed by atoms with Crippen LogP contribution in [0.25, 0.3) is 11.0 Å². The van der Waals surface area contributed by atoms with Crippen molar-refractivity contribution in [3.8, 4) is 0 Å². The number of carbonyl (C=O) groups is 1. The minimum Gasteiger partial charge on any atom is -0.478 e.